The Morgan fingerprint density at radius 1 is 0.213 bits per heavy atom. The molecule has 0 N–H and O–H groups in total. The lowest BCUT2D eigenvalue weighted by Gasteiger charge is -2.29. The number of hydrogen-bond donors (Lipinski definition) is 0. The highest BCUT2D eigenvalue weighted by atomic mass is 32.2. The van der Waals surface area contributed by atoms with Crippen molar-refractivity contribution in [3.8, 4) is 0 Å². The van der Waals surface area contributed by atoms with Crippen LogP contribution in [0.25, 0.3) is 44.6 Å². The molecule has 0 bridgehead atoms. The molecule has 0 saturated carbocycles. The van der Waals surface area contributed by atoms with Crippen LogP contribution >= 0.6 is 0 Å². The maximum atomic E-state index is 17.3. The first kappa shape index (κ1) is 37.9. The Hall–Kier alpha value is -7.33. The first-order valence-electron chi connectivity index (χ1n) is 20.7. The Labute approximate surface area is 358 Å². The van der Waals surface area contributed by atoms with Gasteiger partial charge in [0.2, 0.25) is 0 Å². The van der Waals surface area contributed by atoms with E-state index in [0.29, 0.717) is 0 Å². The van der Waals surface area contributed by atoms with Gasteiger partial charge in [0.25, 0.3) is 0 Å². The van der Waals surface area contributed by atoms with Crippen LogP contribution in [0.15, 0.2) is 243 Å². The van der Waals surface area contributed by atoms with Gasteiger partial charge in [0.05, 0.1) is 0 Å². The Balaban J connectivity index is 1.39. The molecule has 0 heterocycles. The van der Waals surface area contributed by atoms with Crippen LogP contribution in [0.2, 0.25) is 0 Å². The third-order valence-corrected chi connectivity index (χ3v) is 14.1. The van der Waals surface area contributed by atoms with E-state index in [9.17, 15) is 0 Å². The molecule has 0 spiro atoms. The zero-order valence-corrected chi connectivity index (χ0v) is 34.3. The van der Waals surface area contributed by atoms with E-state index >= 15 is 8.42 Å². The Bertz CT molecular complexity index is 2660. The molecule has 0 aromatic heterocycles. The summed E-state index contributed by atoms with van der Waals surface area (Å²) in [6.07, 6.45) is 0. The molecule has 3 heteroatoms. The molecule has 0 radical (unpaired) electrons. The van der Waals surface area contributed by atoms with Crippen molar-refractivity contribution in [1.29, 1.82) is 0 Å². The Morgan fingerprint density at radius 3 is 0.525 bits per heavy atom. The summed E-state index contributed by atoms with van der Waals surface area (Å²) in [4.78, 5) is 0. The highest BCUT2D eigenvalue weighted by Crippen LogP contribution is 2.60. The lowest BCUT2D eigenvalue weighted by atomic mass is 9.89. The van der Waals surface area contributed by atoms with E-state index in [2.05, 4.69) is 97.1 Å². The molecule has 10 rings (SSSR count). The molecule has 0 amide bonds. The minimum atomic E-state index is -4.32. The van der Waals surface area contributed by atoms with Gasteiger partial charge in [-0.3, -0.25) is 0 Å². The molecule has 8 aromatic carbocycles. The summed E-state index contributed by atoms with van der Waals surface area (Å²) in [5.41, 5.74) is 14.1. The average Bonchev–Trinajstić information content (AvgIpc) is 3.90. The molecule has 2 nitrogen and oxygen atoms in total. The number of allylic oxidation sites excluding steroid dienone is 4. The lowest BCUT2D eigenvalue weighted by Crippen LogP contribution is -2.34. The van der Waals surface area contributed by atoms with Crippen molar-refractivity contribution in [3.05, 3.63) is 287 Å². The van der Waals surface area contributed by atoms with Crippen molar-refractivity contribution >= 4 is 54.4 Å². The fourth-order valence-electron chi connectivity index (χ4n) is 9.42. The predicted octanol–water partition coefficient (Wildman–Crippen LogP) is 13.6. The van der Waals surface area contributed by atoms with Gasteiger partial charge in [-0.05, 0) is 89.1 Å². The normalized spacial score (nSPS) is 15.0. The van der Waals surface area contributed by atoms with Gasteiger partial charge in [0.15, 0.2) is 9.84 Å². The Kier molecular flexibility index (Phi) is 10.2. The van der Waals surface area contributed by atoms with E-state index in [1.165, 1.54) is 0 Å². The van der Waals surface area contributed by atoms with Gasteiger partial charge in [-0.25, -0.2) is 8.42 Å². The van der Waals surface area contributed by atoms with Crippen molar-refractivity contribution in [2.45, 2.75) is 10.5 Å². The van der Waals surface area contributed by atoms with Gasteiger partial charge in [0, 0.05) is 0 Å². The smallest absolute Gasteiger partial charge is 0.172 e. The maximum absolute atomic E-state index is 17.3. The summed E-state index contributed by atoms with van der Waals surface area (Å²) in [5, 5.41) is -2.14. The highest BCUT2D eigenvalue weighted by molar-refractivity contribution is 7.94. The fourth-order valence-corrected chi connectivity index (χ4v) is 12.0. The van der Waals surface area contributed by atoms with E-state index in [-0.39, 0.29) is 0 Å². The van der Waals surface area contributed by atoms with Crippen molar-refractivity contribution in [3.63, 3.8) is 0 Å². The van der Waals surface area contributed by atoms with Crippen molar-refractivity contribution < 1.29 is 8.42 Å². The number of benzene rings is 8. The number of rotatable bonds is 10. The van der Waals surface area contributed by atoms with Crippen LogP contribution in [-0.2, 0) is 9.84 Å². The summed E-state index contributed by atoms with van der Waals surface area (Å²) >= 11 is 0. The van der Waals surface area contributed by atoms with Crippen molar-refractivity contribution in [1.82, 2.24) is 0 Å². The fraction of sp³-hybridized carbons (Fsp3) is 0.0345. The topological polar surface area (TPSA) is 34.1 Å². The van der Waals surface area contributed by atoms with E-state index in [1.54, 1.807) is 0 Å². The zero-order valence-electron chi connectivity index (χ0n) is 33.5. The second kappa shape index (κ2) is 16.4. The number of hydrogen-bond acceptors (Lipinski definition) is 2. The van der Waals surface area contributed by atoms with Gasteiger partial charge >= 0.3 is 0 Å². The molecule has 0 unspecified atom stereocenters. The number of sulfone groups is 1. The minimum Gasteiger partial charge on any atom is -0.227 e. The third kappa shape index (κ3) is 6.83. The zero-order chi connectivity index (χ0) is 41.2. The van der Waals surface area contributed by atoms with Crippen LogP contribution < -0.4 is 0 Å². The third-order valence-electron chi connectivity index (χ3n) is 11.9. The highest BCUT2D eigenvalue weighted by Gasteiger charge is 2.52. The molecule has 0 atom stereocenters. The summed E-state index contributed by atoms with van der Waals surface area (Å²) in [6, 6.07) is 81.9. The van der Waals surface area contributed by atoms with Crippen LogP contribution in [-0.4, -0.2) is 18.9 Å². The predicted molar refractivity (Wildman–Crippen MR) is 255 cm³/mol. The molecular weight excluding hydrogens is 761 g/mol. The van der Waals surface area contributed by atoms with E-state index in [1.807, 2.05) is 146 Å². The molecule has 61 heavy (non-hydrogen) atoms. The van der Waals surface area contributed by atoms with Gasteiger partial charge in [0.1, 0.15) is 10.5 Å². The van der Waals surface area contributed by atoms with Crippen LogP contribution in [0.5, 0.6) is 0 Å². The molecule has 0 aliphatic heterocycles. The molecule has 2 aliphatic rings. The summed E-state index contributed by atoms with van der Waals surface area (Å²) in [7, 11) is -4.32. The quantitative estimate of drug-likeness (QED) is 0.138. The van der Waals surface area contributed by atoms with Crippen LogP contribution in [0, 0.1) is 0 Å². The van der Waals surface area contributed by atoms with E-state index in [4.69, 9.17) is 0 Å². The largest absolute Gasteiger partial charge is 0.227 e. The molecule has 8 aromatic rings. The summed E-state index contributed by atoms with van der Waals surface area (Å²) < 4.78 is 34.7. The first-order valence-corrected chi connectivity index (χ1v) is 22.4. The maximum Gasteiger partial charge on any atom is 0.172 e. The summed E-state index contributed by atoms with van der Waals surface area (Å²) in [5.74, 6) is 0. The van der Waals surface area contributed by atoms with E-state index in [0.717, 1.165) is 89.1 Å². The minimum absolute atomic E-state index is 0.777. The monoisotopic (exact) mass is 802 g/mol. The molecule has 0 saturated heterocycles. The summed E-state index contributed by atoms with van der Waals surface area (Å²) in [6.45, 7) is 0. The molecule has 292 valence electrons. The second-order valence-electron chi connectivity index (χ2n) is 15.4. The van der Waals surface area contributed by atoms with Crippen molar-refractivity contribution in [2.75, 3.05) is 0 Å². The Morgan fingerprint density at radius 2 is 0.361 bits per heavy atom. The van der Waals surface area contributed by atoms with Gasteiger partial charge in [-0.15, -0.1) is 0 Å². The first-order chi connectivity index (χ1) is 30.1. The average molecular weight is 803 g/mol. The molecule has 2 aliphatic carbocycles. The van der Waals surface area contributed by atoms with Crippen molar-refractivity contribution in [2.24, 2.45) is 0 Å². The van der Waals surface area contributed by atoms with Gasteiger partial charge in [-0.1, -0.05) is 243 Å². The van der Waals surface area contributed by atoms with Crippen LogP contribution in [0.4, 0.5) is 0 Å². The molecular formula is C58H42O2S. The van der Waals surface area contributed by atoms with Gasteiger partial charge < -0.3 is 0 Å². The van der Waals surface area contributed by atoms with Gasteiger partial charge in [-0.2, -0.15) is 0 Å². The van der Waals surface area contributed by atoms with Crippen LogP contribution in [0.3, 0.4) is 0 Å². The van der Waals surface area contributed by atoms with E-state index < -0.39 is 20.3 Å². The standard InChI is InChI=1S/C58H42O2S/c59-61(60,57-53(45-33-17-5-18-34-45)49(41-25-9-1-10-26-41)50(42-27-11-2-12-28-42)54(57)46-35-19-6-20-36-46)58-55(47-37-21-7-22-38-47)51(43-29-13-3-14-30-43)52(44-31-15-4-16-32-44)56(58)48-39-23-8-24-40-48/h1-40,57-58H. The second-order valence-corrected chi connectivity index (χ2v) is 17.6. The van der Waals surface area contributed by atoms with Crippen LogP contribution in [0.1, 0.15) is 44.5 Å². The SMILES string of the molecule is O=S(=O)(C1C(c2ccccc2)=C(c2ccccc2)C(c2ccccc2)=C1c1ccccc1)C1C(c2ccccc2)=C(c2ccccc2)C(c2ccccc2)=C1c1ccccc1. The molecule has 0 fully saturated rings. The lowest BCUT2D eigenvalue weighted by molar-refractivity contribution is 0.595.